The topological polar surface area (TPSA) is 0 Å². The summed E-state index contributed by atoms with van der Waals surface area (Å²) in [5.74, 6) is 0. The summed E-state index contributed by atoms with van der Waals surface area (Å²) in [6.45, 7) is 8.34. The van der Waals surface area contributed by atoms with E-state index >= 15 is 0 Å². The Morgan fingerprint density at radius 2 is 0.967 bits per heavy atom. The lowest BCUT2D eigenvalue weighted by molar-refractivity contribution is -0.951. The van der Waals surface area contributed by atoms with Gasteiger partial charge in [-0.1, -0.05) is 128 Å². The Morgan fingerprint density at radius 3 is 1.37 bits per heavy atom. The maximum absolute atomic E-state index is 2.46. The second kappa shape index (κ2) is 15.9. The summed E-state index contributed by atoms with van der Waals surface area (Å²) >= 11 is 0. The molecule has 0 N–H and O–H groups in total. The Balaban J connectivity index is 2.18. The summed E-state index contributed by atoms with van der Waals surface area (Å²) in [6, 6.07) is 11.3. The van der Waals surface area contributed by atoms with Crippen molar-refractivity contribution in [3.8, 4) is 0 Å². The second-order valence-corrected chi connectivity index (χ2v) is 10.1. The number of rotatable bonds is 19. The van der Waals surface area contributed by atoms with Crippen LogP contribution in [-0.4, -0.2) is 25.1 Å². The van der Waals surface area contributed by atoms with Crippen LogP contribution in [0.3, 0.4) is 0 Å². The minimum atomic E-state index is 0.248. The van der Waals surface area contributed by atoms with Gasteiger partial charge in [0.05, 0.1) is 20.6 Å². The van der Waals surface area contributed by atoms with Crippen molar-refractivity contribution in [1.82, 2.24) is 0 Å². The van der Waals surface area contributed by atoms with Crippen molar-refractivity contribution < 1.29 is 4.48 Å². The predicted octanol–water partition coefficient (Wildman–Crippen LogP) is 9.26. The first-order valence-electron chi connectivity index (χ1n) is 13.4. The van der Waals surface area contributed by atoms with Crippen molar-refractivity contribution in [2.45, 2.75) is 129 Å². The number of hydrogen-bond acceptors (Lipinski definition) is 0. The quantitative estimate of drug-likeness (QED) is 0.156. The van der Waals surface area contributed by atoms with Gasteiger partial charge in [0.15, 0.2) is 0 Å². The van der Waals surface area contributed by atoms with Gasteiger partial charge in [0.2, 0.25) is 0 Å². The molecule has 1 aromatic carbocycles. The Kier molecular flexibility index (Phi) is 14.4. The van der Waals surface area contributed by atoms with Gasteiger partial charge in [0.25, 0.3) is 0 Å². The molecule has 174 valence electrons. The van der Waals surface area contributed by atoms with E-state index in [1.807, 2.05) is 0 Å². The molecule has 0 aliphatic rings. The van der Waals surface area contributed by atoms with E-state index in [-0.39, 0.29) is 5.54 Å². The normalized spacial score (nSPS) is 12.4. The van der Waals surface area contributed by atoms with Crippen LogP contribution < -0.4 is 0 Å². The van der Waals surface area contributed by atoms with Crippen LogP contribution in [0.5, 0.6) is 0 Å². The molecule has 0 heterocycles. The third kappa shape index (κ3) is 9.13. The number of benzene rings is 1. The summed E-state index contributed by atoms with van der Waals surface area (Å²) in [6.07, 6.45) is 22.5. The van der Waals surface area contributed by atoms with E-state index < -0.39 is 0 Å². The van der Waals surface area contributed by atoms with Crippen LogP contribution in [0.15, 0.2) is 30.3 Å². The van der Waals surface area contributed by atoms with Crippen molar-refractivity contribution in [3.63, 3.8) is 0 Å². The van der Waals surface area contributed by atoms with Gasteiger partial charge >= 0.3 is 0 Å². The fourth-order valence-electron chi connectivity index (χ4n) is 5.53. The van der Waals surface area contributed by atoms with Crippen molar-refractivity contribution in [2.75, 3.05) is 20.6 Å². The Hall–Kier alpha value is -0.820. The maximum atomic E-state index is 2.46. The van der Waals surface area contributed by atoms with Gasteiger partial charge in [-0.3, -0.25) is 0 Å². The van der Waals surface area contributed by atoms with Crippen LogP contribution in [0.25, 0.3) is 0 Å². The molecule has 0 bridgehead atoms. The first-order valence-corrected chi connectivity index (χ1v) is 13.4. The van der Waals surface area contributed by atoms with Gasteiger partial charge in [0.1, 0.15) is 5.54 Å². The van der Waals surface area contributed by atoms with Gasteiger partial charge < -0.3 is 4.48 Å². The van der Waals surface area contributed by atoms with E-state index in [1.54, 1.807) is 0 Å². The Labute approximate surface area is 190 Å². The zero-order valence-electron chi connectivity index (χ0n) is 21.4. The van der Waals surface area contributed by atoms with Gasteiger partial charge in [-0.25, -0.2) is 0 Å². The average molecular weight is 417 g/mol. The fraction of sp³-hybridized carbons (Fsp3) is 0.793. The van der Waals surface area contributed by atoms with Gasteiger partial charge in [-0.15, -0.1) is 0 Å². The molecular weight excluding hydrogens is 362 g/mol. The lowest BCUT2D eigenvalue weighted by atomic mass is 9.81. The van der Waals surface area contributed by atoms with E-state index in [1.165, 1.54) is 115 Å². The zero-order valence-corrected chi connectivity index (χ0v) is 21.4. The summed E-state index contributed by atoms with van der Waals surface area (Å²) in [4.78, 5) is 0. The molecule has 1 nitrogen and oxygen atoms in total. The first kappa shape index (κ1) is 27.2. The second-order valence-electron chi connectivity index (χ2n) is 10.1. The first-order chi connectivity index (χ1) is 14.5. The molecule has 0 aromatic heterocycles. The lowest BCUT2D eigenvalue weighted by Gasteiger charge is -2.49. The molecule has 0 saturated carbocycles. The van der Waals surface area contributed by atoms with Crippen LogP contribution in [-0.2, 0) is 5.54 Å². The Bertz CT molecular complexity index is 500. The average Bonchev–Trinajstić information content (AvgIpc) is 2.76. The maximum Gasteiger partial charge on any atom is 0.124 e. The van der Waals surface area contributed by atoms with Crippen LogP contribution in [0, 0.1) is 0 Å². The standard InChI is InChI=1S/C29H54N/c1-6-9-10-11-12-13-14-15-16-17-18-19-20-24-27-30(4,5)29(7-2,8-3)28-25-22-21-23-26-28/h21-23,25-26H,6-20,24,27H2,1-5H3/q+1. The largest absolute Gasteiger partial charge is 0.320 e. The summed E-state index contributed by atoms with van der Waals surface area (Å²) < 4.78 is 1.11. The monoisotopic (exact) mass is 416 g/mol. The molecule has 1 heteroatoms. The fourth-order valence-corrected chi connectivity index (χ4v) is 5.53. The summed E-state index contributed by atoms with van der Waals surface area (Å²) in [5.41, 5.74) is 1.77. The molecule has 0 saturated heterocycles. The van der Waals surface area contributed by atoms with Crippen molar-refractivity contribution in [3.05, 3.63) is 35.9 Å². The van der Waals surface area contributed by atoms with Crippen LogP contribution in [0.1, 0.15) is 129 Å². The third-order valence-corrected chi connectivity index (χ3v) is 7.71. The van der Waals surface area contributed by atoms with Crippen LogP contribution in [0.4, 0.5) is 0 Å². The molecule has 0 spiro atoms. The van der Waals surface area contributed by atoms with Crippen LogP contribution in [0.2, 0.25) is 0 Å². The summed E-state index contributed by atoms with van der Waals surface area (Å²) in [5, 5.41) is 0. The number of nitrogens with zero attached hydrogens (tertiary/aromatic N) is 1. The highest BCUT2D eigenvalue weighted by molar-refractivity contribution is 5.22. The molecule has 1 aromatic rings. The molecule has 0 amide bonds. The molecule has 0 unspecified atom stereocenters. The molecule has 0 fully saturated rings. The SMILES string of the molecule is CCCCCCCCCCCCCCCC[N+](C)(C)C(CC)(CC)c1ccccc1. The van der Waals surface area contributed by atoms with Gasteiger partial charge in [0, 0.05) is 18.4 Å². The van der Waals surface area contributed by atoms with Crippen molar-refractivity contribution in [2.24, 2.45) is 0 Å². The van der Waals surface area contributed by atoms with E-state index in [4.69, 9.17) is 0 Å². The van der Waals surface area contributed by atoms with Gasteiger partial charge in [-0.2, -0.15) is 0 Å². The molecule has 0 radical (unpaired) electrons. The highest BCUT2D eigenvalue weighted by Crippen LogP contribution is 2.39. The third-order valence-electron chi connectivity index (χ3n) is 7.71. The van der Waals surface area contributed by atoms with E-state index in [9.17, 15) is 0 Å². The van der Waals surface area contributed by atoms with E-state index in [0.29, 0.717) is 0 Å². The highest BCUT2D eigenvalue weighted by Gasteiger charge is 2.43. The van der Waals surface area contributed by atoms with Crippen molar-refractivity contribution >= 4 is 0 Å². The molecule has 1 rings (SSSR count). The van der Waals surface area contributed by atoms with Gasteiger partial charge in [-0.05, 0) is 12.8 Å². The summed E-state index contributed by atoms with van der Waals surface area (Å²) in [7, 11) is 4.92. The Morgan fingerprint density at radius 1 is 0.567 bits per heavy atom. The highest BCUT2D eigenvalue weighted by atomic mass is 15.4. The number of unbranched alkanes of at least 4 members (excludes halogenated alkanes) is 13. The van der Waals surface area contributed by atoms with E-state index in [0.717, 1.165) is 4.48 Å². The van der Waals surface area contributed by atoms with Crippen LogP contribution >= 0.6 is 0 Å². The molecule has 0 aliphatic heterocycles. The molecular formula is C29H54N+. The van der Waals surface area contributed by atoms with Crippen molar-refractivity contribution in [1.29, 1.82) is 0 Å². The zero-order chi connectivity index (χ0) is 22.1. The number of quaternary nitrogens is 1. The molecule has 30 heavy (non-hydrogen) atoms. The predicted molar refractivity (Wildman–Crippen MR) is 136 cm³/mol. The molecule has 0 atom stereocenters. The minimum absolute atomic E-state index is 0.248. The minimum Gasteiger partial charge on any atom is -0.320 e. The smallest absolute Gasteiger partial charge is 0.124 e. The number of hydrogen-bond donors (Lipinski definition) is 0. The molecule has 0 aliphatic carbocycles. The van der Waals surface area contributed by atoms with E-state index in [2.05, 4.69) is 65.2 Å². The lowest BCUT2D eigenvalue weighted by Crippen LogP contribution is -2.57.